The van der Waals surface area contributed by atoms with Gasteiger partial charge in [0.05, 0.1) is 21.2 Å². The van der Waals surface area contributed by atoms with E-state index in [1.54, 1.807) is 32.9 Å². The van der Waals surface area contributed by atoms with E-state index >= 15 is 0 Å². The van der Waals surface area contributed by atoms with E-state index < -0.39 is 43.2 Å². The van der Waals surface area contributed by atoms with E-state index in [0.717, 1.165) is 22.3 Å². The normalized spacial score (nSPS) is 27.5. The van der Waals surface area contributed by atoms with Crippen LogP contribution in [-0.4, -0.2) is 66.2 Å². The lowest BCUT2D eigenvalue weighted by Crippen LogP contribution is -2.84. The molecule has 46 heavy (non-hydrogen) atoms. The molecule has 4 atom stereocenters. The summed E-state index contributed by atoms with van der Waals surface area (Å²) in [5.41, 5.74) is 3.48. The molecule has 2 saturated heterocycles. The van der Waals surface area contributed by atoms with Crippen LogP contribution in [0.25, 0.3) is 0 Å². The lowest BCUT2D eigenvalue weighted by Gasteiger charge is -2.74. The zero-order chi connectivity index (χ0) is 32.2. The number of sulfonamides is 2. The number of rotatable bonds is 4. The molecule has 2 fully saturated rings. The number of aryl methyl sites for hydroxylation is 2. The molecule has 0 amide bonds. The second kappa shape index (κ2) is 9.90. The van der Waals surface area contributed by atoms with Gasteiger partial charge >= 0.3 is 0 Å². The molecule has 0 spiro atoms. The van der Waals surface area contributed by atoms with E-state index in [9.17, 15) is 16.8 Å². The average Bonchev–Trinajstić information content (AvgIpc) is 3.04. The molecule has 0 aliphatic carbocycles. The fourth-order valence-corrected chi connectivity index (χ4v) is 12.6. The lowest BCUT2D eigenvalue weighted by molar-refractivity contribution is -0.0801. The highest BCUT2D eigenvalue weighted by Crippen LogP contribution is 2.69. The van der Waals surface area contributed by atoms with Crippen LogP contribution in [0.15, 0.2) is 107 Å². The molecule has 4 aliphatic rings. The first-order chi connectivity index (χ1) is 22.0. The Hall–Kier alpha value is -3.70. The highest BCUT2D eigenvalue weighted by Gasteiger charge is 2.75. The minimum absolute atomic E-state index is 0.243. The van der Waals surface area contributed by atoms with Crippen molar-refractivity contribution in [2.45, 2.75) is 59.6 Å². The van der Waals surface area contributed by atoms with Gasteiger partial charge in [0.2, 0.25) is 0 Å². The zero-order valence-corrected chi connectivity index (χ0v) is 28.1. The zero-order valence-electron chi connectivity index (χ0n) is 26.5. The third-order valence-electron chi connectivity index (χ3n) is 11.1. The molecule has 0 saturated carbocycles. The molecule has 4 heterocycles. The molecule has 4 aliphatic heterocycles. The maximum absolute atomic E-state index is 14.9. The van der Waals surface area contributed by atoms with Gasteiger partial charge in [0, 0.05) is 23.9 Å². The number of hydrogen-bond acceptors (Lipinski definition) is 6. The highest BCUT2D eigenvalue weighted by molar-refractivity contribution is 7.93. The number of para-hydroxylation sites is 2. The Balaban J connectivity index is 1.48. The second-order valence-electron chi connectivity index (χ2n) is 13.4. The minimum atomic E-state index is -4.03. The topological polar surface area (TPSA) is 81.2 Å². The molecule has 10 heteroatoms. The van der Waals surface area contributed by atoms with E-state index in [-0.39, 0.29) is 9.79 Å². The lowest BCUT2D eigenvalue weighted by atomic mass is 9.45. The Bertz CT molecular complexity index is 1930. The van der Waals surface area contributed by atoms with E-state index in [4.69, 9.17) is 0 Å². The predicted molar refractivity (Wildman–Crippen MR) is 180 cm³/mol. The molecular weight excluding hydrogens is 617 g/mol. The quantitative estimate of drug-likeness (QED) is 0.300. The number of benzene rings is 4. The molecule has 8 rings (SSSR count). The Kier molecular flexibility index (Phi) is 6.39. The van der Waals surface area contributed by atoms with Gasteiger partial charge < -0.3 is 0 Å². The van der Waals surface area contributed by atoms with Crippen LogP contribution in [0.5, 0.6) is 0 Å². The Labute approximate surface area is 272 Å². The summed E-state index contributed by atoms with van der Waals surface area (Å²) in [7, 11) is -4.03. The van der Waals surface area contributed by atoms with E-state index in [1.807, 2.05) is 101 Å². The first kappa shape index (κ1) is 29.7. The van der Waals surface area contributed by atoms with Crippen molar-refractivity contribution in [3.8, 4) is 0 Å². The number of nitrogens with zero attached hydrogens (tertiary/aromatic N) is 4. The van der Waals surface area contributed by atoms with Crippen LogP contribution < -0.4 is 8.61 Å². The first-order valence-corrected chi connectivity index (χ1v) is 18.7. The number of fused-ring (bicyclic) bond motifs is 2. The predicted octanol–water partition coefficient (Wildman–Crippen LogP) is 5.22. The summed E-state index contributed by atoms with van der Waals surface area (Å²) in [5, 5.41) is 0. The van der Waals surface area contributed by atoms with Crippen LogP contribution in [0, 0.1) is 13.8 Å². The first-order valence-electron chi connectivity index (χ1n) is 15.8. The summed E-state index contributed by atoms with van der Waals surface area (Å²) in [6.07, 6.45) is 0.172. The monoisotopic (exact) mass is 654 g/mol. The standard InChI is InChI=1S/C36H38N4O4S2/c1-25-13-17-27(18-14-25)45(41,42)39-31-11-7-5-9-29(31)36-22-23-37(3)33(39)35(36)21-24-38(4)34(36)40(32-12-8-6-10-30(32)35)46(43,44)28-19-15-26(2)16-20-28/h5-20,33-34H,21-24H2,1-4H3/t33-,34-,35+,36+/m0/s1. The van der Waals surface area contributed by atoms with Crippen molar-refractivity contribution in [2.24, 2.45) is 0 Å². The summed E-state index contributed by atoms with van der Waals surface area (Å²) in [5.74, 6) is 0. The largest absolute Gasteiger partial charge is 0.285 e. The molecule has 0 radical (unpaired) electrons. The van der Waals surface area contributed by atoms with E-state index in [1.165, 1.54) is 0 Å². The van der Waals surface area contributed by atoms with Crippen LogP contribution in [0.1, 0.15) is 35.1 Å². The van der Waals surface area contributed by atoms with Crippen LogP contribution in [0.3, 0.4) is 0 Å². The summed E-state index contributed by atoms with van der Waals surface area (Å²) in [6, 6.07) is 29.7. The summed E-state index contributed by atoms with van der Waals surface area (Å²) >= 11 is 0. The van der Waals surface area contributed by atoms with Crippen molar-refractivity contribution in [1.29, 1.82) is 0 Å². The van der Waals surface area contributed by atoms with E-state index in [2.05, 4.69) is 9.80 Å². The molecular formula is C36H38N4O4S2. The van der Waals surface area contributed by atoms with Gasteiger partial charge in [-0.3, -0.25) is 9.80 Å². The van der Waals surface area contributed by atoms with Crippen LogP contribution in [0.2, 0.25) is 0 Å². The van der Waals surface area contributed by atoms with Gasteiger partial charge in [-0.2, -0.15) is 0 Å². The van der Waals surface area contributed by atoms with Crippen molar-refractivity contribution < 1.29 is 16.8 Å². The van der Waals surface area contributed by atoms with Gasteiger partial charge in [-0.25, -0.2) is 25.4 Å². The van der Waals surface area contributed by atoms with Crippen molar-refractivity contribution in [3.05, 3.63) is 119 Å². The molecule has 8 nitrogen and oxygen atoms in total. The minimum Gasteiger partial charge on any atom is -0.285 e. The smallest absolute Gasteiger partial charge is 0.265 e. The highest BCUT2D eigenvalue weighted by atomic mass is 32.2. The van der Waals surface area contributed by atoms with Gasteiger partial charge in [-0.15, -0.1) is 0 Å². The third-order valence-corrected chi connectivity index (χ3v) is 14.6. The summed E-state index contributed by atoms with van der Waals surface area (Å²) in [4.78, 5) is 4.85. The van der Waals surface area contributed by atoms with Crippen LogP contribution >= 0.6 is 0 Å². The molecule has 0 N–H and O–H groups in total. The Morgan fingerprint density at radius 1 is 0.543 bits per heavy atom. The maximum Gasteiger partial charge on any atom is 0.265 e. The molecule has 238 valence electrons. The summed E-state index contributed by atoms with van der Waals surface area (Å²) < 4.78 is 63.0. The number of hydrogen-bond donors (Lipinski definition) is 0. The van der Waals surface area contributed by atoms with Gasteiger partial charge in [0.25, 0.3) is 20.0 Å². The molecule has 4 bridgehead atoms. The number of likely N-dealkylation sites (tertiary alicyclic amines) is 2. The third kappa shape index (κ3) is 3.61. The van der Waals surface area contributed by atoms with Crippen LogP contribution in [0.4, 0.5) is 11.4 Å². The van der Waals surface area contributed by atoms with Crippen LogP contribution in [-0.2, 0) is 30.9 Å². The van der Waals surface area contributed by atoms with Gasteiger partial charge in [0.1, 0.15) is 12.3 Å². The Morgan fingerprint density at radius 2 is 0.891 bits per heavy atom. The molecule has 0 aromatic heterocycles. The molecule has 4 aromatic carbocycles. The summed E-state index contributed by atoms with van der Waals surface area (Å²) in [6.45, 7) is 5.10. The van der Waals surface area contributed by atoms with E-state index in [0.29, 0.717) is 37.3 Å². The van der Waals surface area contributed by atoms with Crippen molar-refractivity contribution in [3.63, 3.8) is 0 Å². The average molecular weight is 655 g/mol. The Morgan fingerprint density at radius 3 is 1.26 bits per heavy atom. The van der Waals surface area contributed by atoms with Gasteiger partial charge in [-0.05, 0) is 88.3 Å². The molecule has 0 unspecified atom stereocenters. The number of likely N-dealkylation sites (N-methyl/N-ethyl adjacent to an activating group) is 2. The maximum atomic E-state index is 14.9. The van der Waals surface area contributed by atoms with Crippen molar-refractivity contribution in [2.75, 3.05) is 35.8 Å². The number of piperidine rings is 2. The van der Waals surface area contributed by atoms with Gasteiger partial charge in [-0.1, -0.05) is 71.8 Å². The van der Waals surface area contributed by atoms with Gasteiger partial charge in [0.15, 0.2) is 0 Å². The fraction of sp³-hybridized carbons (Fsp3) is 0.333. The number of anilines is 2. The SMILES string of the molecule is Cc1ccc(S(=O)(=O)N2c3ccccc3[C@@]34CCN(C)[C@@H]2[C@]32CCN(C)[C@H]4N(S(=O)(=O)c3ccc(C)cc3)c3ccccc32)cc1. The van der Waals surface area contributed by atoms with Crippen molar-refractivity contribution in [1.82, 2.24) is 9.80 Å². The fourth-order valence-electron chi connectivity index (χ4n) is 9.17. The molecule has 4 aromatic rings. The van der Waals surface area contributed by atoms with Crippen molar-refractivity contribution >= 4 is 31.4 Å². The second-order valence-corrected chi connectivity index (χ2v) is 17.0.